The zero-order valence-corrected chi connectivity index (χ0v) is 12.7. The predicted octanol–water partition coefficient (Wildman–Crippen LogP) is 1.77. The second-order valence-electron chi connectivity index (χ2n) is 4.57. The zero-order chi connectivity index (χ0) is 16.2. The number of likely N-dealkylation sites (N-methyl/N-ethyl adjacent to an activating group) is 1. The number of hydrogen-bond acceptors (Lipinski definition) is 3. The fourth-order valence-corrected chi connectivity index (χ4v) is 2.74. The molecule has 1 N–H and O–H groups in total. The van der Waals surface area contributed by atoms with E-state index in [1.165, 1.54) is 4.90 Å². The van der Waals surface area contributed by atoms with E-state index in [1.54, 1.807) is 31.3 Å². The first-order valence-electron chi connectivity index (χ1n) is 6.47. The highest BCUT2D eigenvalue weighted by atomic mass is 32.2. The second-order valence-corrected chi connectivity index (χ2v) is 6.33. The molecule has 0 unspecified atom stereocenters. The Morgan fingerprint density at radius 1 is 1.09 bits per heavy atom. The fraction of sp³-hybridized carbons (Fsp3) is 0.133. The van der Waals surface area contributed by atoms with E-state index in [9.17, 15) is 17.6 Å². The number of anilines is 1. The molecule has 0 atom stereocenters. The van der Waals surface area contributed by atoms with Crippen molar-refractivity contribution >= 4 is 21.6 Å². The third kappa shape index (κ3) is 3.90. The zero-order valence-electron chi connectivity index (χ0n) is 11.9. The lowest BCUT2D eigenvalue weighted by atomic mass is 10.3. The van der Waals surface area contributed by atoms with Crippen LogP contribution < -0.4 is 9.62 Å². The summed E-state index contributed by atoms with van der Waals surface area (Å²) in [5.74, 6) is -0.935. The first kappa shape index (κ1) is 16.1. The van der Waals surface area contributed by atoms with Gasteiger partial charge in [-0.3, -0.25) is 4.79 Å². The number of halogens is 1. The van der Waals surface area contributed by atoms with Gasteiger partial charge in [0, 0.05) is 12.7 Å². The third-order valence-electron chi connectivity index (χ3n) is 3.05. The van der Waals surface area contributed by atoms with Crippen LogP contribution in [0.3, 0.4) is 0 Å². The highest BCUT2D eigenvalue weighted by Gasteiger charge is 2.17. The minimum absolute atomic E-state index is 0.0935. The van der Waals surface area contributed by atoms with E-state index in [-0.39, 0.29) is 11.4 Å². The third-order valence-corrected chi connectivity index (χ3v) is 4.47. The SMILES string of the molecule is CN(C(=O)CNS(=O)(=O)c1ccc(F)cc1)c1ccccc1. The van der Waals surface area contributed by atoms with Gasteiger partial charge in [0.1, 0.15) is 5.82 Å². The average molecular weight is 322 g/mol. The summed E-state index contributed by atoms with van der Waals surface area (Å²) >= 11 is 0. The van der Waals surface area contributed by atoms with Crippen molar-refractivity contribution in [1.82, 2.24) is 4.72 Å². The molecule has 2 aromatic carbocycles. The lowest BCUT2D eigenvalue weighted by Gasteiger charge is -2.17. The van der Waals surface area contributed by atoms with Crippen molar-refractivity contribution in [3.05, 3.63) is 60.4 Å². The van der Waals surface area contributed by atoms with Crippen molar-refractivity contribution in [2.45, 2.75) is 4.90 Å². The Morgan fingerprint density at radius 2 is 1.68 bits per heavy atom. The smallest absolute Gasteiger partial charge is 0.241 e. The molecule has 2 rings (SSSR count). The van der Waals surface area contributed by atoms with E-state index >= 15 is 0 Å². The molecule has 2 aromatic rings. The topological polar surface area (TPSA) is 66.5 Å². The molecule has 0 aliphatic carbocycles. The largest absolute Gasteiger partial charge is 0.314 e. The monoisotopic (exact) mass is 322 g/mol. The molecule has 0 spiro atoms. The van der Waals surface area contributed by atoms with Crippen molar-refractivity contribution in [1.29, 1.82) is 0 Å². The van der Waals surface area contributed by atoms with Crippen LogP contribution >= 0.6 is 0 Å². The maximum Gasteiger partial charge on any atom is 0.241 e. The number of hydrogen-bond donors (Lipinski definition) is 1. The van der Waals surface area contributed by atoms with Gasteiger partial charge >= 0.3 is 0 Å². The summed E-state index contributed by atoms with van der Waals surface area (Å²) in [5, 5.41) is 0. The minimum Gasteiger partial charge on any atom is -0.314 e. The normalized spacial score (nSPS) is 11.2. The van der Waals surface area contributed by atoms with Gasteiger partial charge in [0.25, 0.3) is 0 Å². The Balaban J connectivity index is 2.02. The summed E-state index contributed by atoms with van der Waals surface area (Å²) in [4.78, 5) is 13.3. The molecule has 0 aliphatic rings. The van der Waals surface area contributed by atoms with Crippen LogP contribution in [-0.4, -0.2) is 27.9 Å². The summed E-state index contributed by atoms with van der Waals surface area (Å²) in [7, 11) is -2.29. The van der Waals surface area contributed by atoms with E-state index in [2.05, 4.69) is 4.72 Å². The van der Waals surface area contributed by atoms with Crippen molar-refractivity contribution in [3.63, 3.8) is 0 Å². The lowest BCUT2D eigenvalue weighted by molar-refractivity contribution is -0.117. The average Bonchev–Trinajstić information content (AvgIpc) is 2.53. The molecule has 0 radical (unpaired) electrons. The number of sulfonamides is 1. The molecular formula is C15H15FN2O3S. The van der Waals surface area contributed by atoms with Crippen LogP contribution in [0.15, 0.2) is 59.5 Å². The summed E-state index contributed by atoms with van der Waals surface area (Å²) < 4.78 is 39.0. The van der Waals surface area contributed by atoms with Crippen LogP contribution in [0.25, 0.3) is 0 Å². The summed E-state index contributed by atoms with van der Waals surface area (Å²) in [5.41, 5.74) is 0.661. The number of benzene rings is 2. The van der Waals surface area contributed by atoms with Gasteiger partial charge in [0.15, 0.2) is 0 Å². The van der Waals surface area contributed by atoms with Gasteiger partial charge in [-0.1, -0.05) is 18.2 Å². The van der Waals surface area contributed by atoms with Gasteiger partial charge in [-0.25, -0.2) is 17.5 Å². The van der Waals surface area contributed by atoms with E-state index < -0.39 is 21.7 Å². The van der Waals surface area contributed by atoms with Crippen molar-refractivity contribution in [2.75, 3.05) is 18.5 Å². The van der Waals surface area contributed by atoms with Gasteiger partial charge < -0.3 is 4.90 Å². The number of nitrogens with zero attached hydrogens (tertiary/aromatic N) is 1. The quantitative estimate of drug-likeness (QED) is 0.912. The summed E-state index contributed by atoms with van der Waals surface area (Å²) in [6.45, 7) is -0.384. The molecule has 0 bridgehead atoms. The number of carbonyl (C=O) groups excluding carboxylic acids is 1. The Hall–Kier alpha value is -2.25. The van der Waals surface area contributed by atoms with Crippen molar-refractivity contribution in [2.24, 2.45) is 0 Å². The van der Waals surface area contributed by atoms with Crippen LogP contribution in [0.5, 0.6) is 0 Å². The number of para-hydroxylation sites is 1. The van der Waals surface area contributed by atoms with E-state index in [4.69, 9.17) is 0 Å². The van der Waals surface area contributed by atoms with Gasteiger partial charge in [0.05, 0.1) is 11.4 Å². The maximum absolute atomic E-state index is 12.8. The standard InChI is InChI=1S/C15H15FN2O3S/c1-18(13-5-3-2-4-6-13)15(19)11-17-22(20,21)14-9-7-12(16)8-10-14/h2-10,17H,11H2,1H3. The first-order chi connectivity index (χ1) is 10.4. The molecule has 1 amide bonds. The molecule has 0 heterocycles. The number of nitrogens with one attached hydrogen (secondary N) is 1. The Kier molecular flexibility index (Phi) is 4.89. The predicted molar refractivity (Wildman–Crippen MR) is 81.4 cm³/mol. The highest BCUT2D eigenvalue weighted by molar-refractivity contribution is 7.89. The van der Waals surface area contributed by atoms with Crippen LogP contribution in [0.4, 0.5) is 10.1 Å². The molecule has 0 saturated carbocycles. The molecule has 7 heteroatoms. The van der Waals surface area contributed by atoms with Crippen LogP contribution in [0.2, 0.25) is 0 Å². The lowest BCUT2D eigenvalue weighted by Crippen LogP contribution is -2.38. The summed E-state index contributed by atoms with van der Waals surface area (Å²) in [6, 6.07) is 13.2. The highest BCUT2D eigenvalue weighted by Crippen LogP contribution is 2.12. The molecular weight excluding hydrogens is 307 g/mol. The van der Waals surface area contributed by atoms with Crippen LogP contribution in [-0.2, 0) is 14.8 Å². The fourth-order valence-electron chi connectivity index (χ4n) is 1.77. The molecule has 116 valence electrons. The van der Waals surface area contributed by atoms with E-state index in [0.717, 1.165) is 24.3 Å². The second kappa shape index (κ2) is 6.67. The first-order valence-corrected chi connectivity index (χ1v) is 7.95. The molecule has 0 aliphatic heterocycles. The van der Waals surface area contributed by atoms with Gasteiger partial charge in [-0.15, -0.1) is 0 Å². The Morgan fingerprint density at radius 3 is 2.27 bits per heavy atom. The van der Waals surface area contributed by atoms with Crippen LogP contribution in [0.1, 0.15) is 0 Å². The molecule has 0 aromatic heterocycles. The van der Waals surface area contributed by atoms with Crippen LogP contribution in [0, 0.1) is 5.82 Å². The van der Waals surface area contributed by atoms with E-state index in [1.807, 2.05) is 6.07 Å². The molecule has 5 nitrogen and oxygen atoms in total. The van der Waals surface area contributed by atoms with Gasteiger partial charge in [-0.2, -0.15) is 0 Å². The van der Waals surface area contributed by atoms with Crippen molar-refractivity contribution in [3.8, 4) is 0 Å². The van der Waals surface area contributed by atoms with Gasteiger partial charge in [-0.05, 0) is 36.4 Å². The molecule has 0 fully saturated rings. The van der Waals surface area contributed by atoms with E-state index in [0.29, 0.717) is 5.69 Å². The maximum atomic E-state index is 12.8. The van der Waals surface area contributed by atoms with Gasteiger partial charge in [0.2, 0.25) is 15.9 Å². The number of rotatable bonds is 5. The summed E-state index contributed by atoms with van der Waals surface area (Å²) in [6.07, 6.45) is 0. The Bertz CT molecular complexity index is 746. The Labute approximate surface area is 128 Å². The molecule has 22 heavy (non-hydrogen) atoms. The number of carbonyl (C=O) groups is 1. The minimum atomic E-state index is -3.85. The number of amides is 1. The molecule has 0 saturated heterocycles. The van der Waals surface area contributed by atoms with Crippen molar-refractivity contribution < 1.29 is 17.6 Å².